The zero-order chi connectivity index (χ0) is 12.9. The maximum atomic E-state index is 11.2. The van der Waals surface area contributed by atoms with Gasteiger partial charge in [0, 0.05) is 10.8 Å². The molecule has 5 heteroatoms. The first-order chi connectivity index (χ1) is 7.27. The van der Waals surface area contributed by atoms with E-state index in [2.05, 4.69) is 12.6 Å². The van der Waals surface area contributed by atoms with Crippen LogP contribution in [0.5, 0.6) is 0 Å². The van der Waals surface area contributed by atoms with Crippen LogP contribution in [0, 0.1) is 5.92 Å². The molecule has 4 nitrogen and oxygen atoms in total. The molecule has 0 aliphatic heterocycles. The molecule has 0 saturated carbocycles. The van der Waals surface area contributed by atoms with E-state index in [1.165, 1.54) is 26.8 Å². The van der Waals surface area contributed by atoms with Gasteiger partial charge in [-0.2, -0.15) is 12.6 Å². The number of carbonyl (C=O) groups excluding carboxylic acids is 2. The standard InChI is InChI=1S/C11H16O4S/c1-6(11(14)15)4-5-9(16)10(7(2)12)8(3)13/h4,9-10,16H,5H2,1-3H3,(H,14,15). The van der Waals surface area contributed by atoms with Crippen molar-refractivity contribution in [2.24, 2.45) is 5.92 Å². The zero-order valence-electron chi connectivity index (χ0n) is 9.56. The van der Waals surface area contributed by atoms with Crippen LogP contribution in [0.2, 0.25) is 0 Å². The van der Waals surface area contributed by atoms with Crippen LogP contribution in [0.15, 0.2) is 11.6 Å². The van der Waals surface area contributed by atoms with Gasteiger partial charge in [0.25, 0.3) is 0 Å². The van der Waals surface area contributed by atoms with Crippen molar-refractivity contribution < 1.29 is 19.5 Å². The SMILES string of the molecule is CC(=O)C(C(C)=O)C(S)CC=C(C)C(=O)O. The van der Waals surface area contributed by atoms with E-state index in [0.29, 0.717) is 0 Å². The minimum absolute atomic E-state index is 0.185. The van der Waals surface area contributed by atoms with Crippen molar-refractivity contribution in [3.63, 3.8) is 0 Å². The topological polar surface area (TPSA) is 71.4 Å². The Bertz CT molecular complexity index is 319. The molecular formula is C11H16O4S. The fraction of sp³-hybridized carbons (Fsp3) is 0.545. The monoisotopic (exact) mass is 244 g/mol. The van der Waals surface area contributed by atoms with Crippen molar-refractivity contribution in [2.75, 3.05) is 0 Å². The Morgan fingerprint density at radius 3 is 1.94 bits per heavy atom. The normalized spacial score (nSPS) is 13.7. The summed E-state index contributed by atoms with van der Waals surface area (Å²) in [4.78, 5) is 32.9. The molecule has 0 saturated heterocycles. The van der Waals surface area contributed by atoms with Crippen molar-refractivity contribution in [1.82, 2.24) is 0 Å². The van der Waals surface area contributed by atoms with Gasteiger partial charge >= 0.3 is 5.97 Å². The molecule has 90 valence electrons. The average Bonchev–Trinajstić information content (AvgIpc) is 2.12. The number of hydrogen-bond donors (Lipinski definition) is 2. The third kappa shape index (κ3) is 4.61. The van der Waals surface area contributed by atoms with E-state index in [1.54, 1.807) is 0 Å². The maximum absolute atomic E-state index is 11.2. The molecule has 1 N–H and O–H groups in total. The minimum Gasteiger partial charge on any atom is -0.478 e. The summed E-state index contributed by atoms with van der Waals surface area (Å²) < 4.78 is 0. The van der Waals surface area contributed by atoms with Gasteiger partial charge < -0.3 is 5.11 Å². The summed E-state index contributed by atoms with van der Waals surface area (Å²) in [6.45, 7) is 4.13. The Labute approximate surface area is 100 Å². The number of Topliss-reactive ketones (excluding diaryl/α,β-unsaturated/α-hetero) is 2. The molecule has 1 unspecified atom stereocenters. The highest BCUT2D eigenvalue weighted by atomic mass is 32.1. The highest BCUT2D eigenvalue weighted by molar-refractivity contribution is 7.81. The zero-order valence-corrected chi connectivity index (χ0v) is 10.5. The third-order valence-electron chi connectivity index (χ3n) is 2.26. The predicted molar refractivity (Wildman–Crippen MR) is 63.6 cm³/mol. The molecule has 0 bridgehead atoms. The van der Waals surface area contributed by atoms with Crippen molar-refractivity contribution in [3.8, 4) is 0 Å². The third-order valence-corrected chi connectivity index (χ3v) is 2.77. The maximum Gasteiger partial charge on any atom is 0.330 e. The van der Waals surface area contributed by atoms with Crippen LogP contribution in [0.25, 0.3) is 0 Å². The second kappa shape index (κ2) is 6.48. The van der Waals surface area contributed by atoms with E-state index in [4.69, 9.17) is 5.11 Å². The van der Waals surface area contributed by atoms with Gasteiger partial charge in [-0.05, 0) is 27.2 Å². The first-order valence-corrected chi connectivity index (χ1v) is 5.38. The quantitative estimate of drug-likeness (QED) is 0.422. The fourth-order valence-corrected chi connectivity index (χ4v) is 1.87. The lowest BCUT2D eigenvalue weighted by atomic mass is 9.94. The van der Waals surface area contributed by atoms with Crippen molar-refractivity contribution in [2.45, 2.75) is 32.4 Å². The van der Waals surface area contributed by atoms with Gasteiger partial charge in [0.1, 0.15) is 11.6 Å². The molecule has 0 heterocycles. The predicted octanol–water partition coefficient (Wildman–Crippen LogP) is 1.50. The van der Waals surface area contributed by atoms with Crippen LogP contribution < -0.4 is 0 Å². The molecule has 16 heavy (non-hydrogen) atoms. The van der Waals surface area contributed by atoms with Gasteiger partial charge in [0.05, 0.1) is 5.92 Å². The Kier molecular flexibility index (Phi) is 6.03. The van der Waals surface area contributed by atoms with E-state index in [1.807, 2.05) is 0 Å². The molecule has 0 radical (unpaired) electrons. The Balaban J connectivity index is 4.61. The first kappa shape index (κ1) is 14.9. The fourth-order valence-electron chi connectivity index (χ4n) is 1.35. The number of thiol groups is 1. The van der Waals surface area contributed by atoms with Crippen LogP contribution >= 0.6 is 12.6 Å². The summed E-state index contributed by atoms with van der Waals surface area (Å²) in [7, 11) is 0. The Morgan fingerprint density at radius 1 is 1.19 bits per heavy atom. The van der Waals surface area contributed by atoms with E-state index < -0.39 is 17.1 Å². The van der Waals surface area contributed by atoms with Gasteiger partial charge in [-0.1, -0.05) is 6.08 Å². The lowest BCUT2D eigenvalue weighted by molar-refractivity contribution is -0.133. The van der Waals surface area contributed by atoms with Gasteiger partial charge in [-0.25, -0.2) is 4.79 Å². The summed E-state index contributed by atoms with van der Waals surface area (Å²) in [6.07, 6.45) is 1.75. The molecule has 0 aromatic carbocycles. The van der Waals surface area contributed by atoms with E-state index in [0.717, 1.165) is 0 Å². The second-order valence-electron chi connectivity index (χ2n) is 3.69. The molecule has 0 rings (SSSR count). The van der Waals surface area contributed by atoms with Gasteiger partial charge in [-0.3, -0.25) is 9.59 Å². The summed E-state index contributed by atoms with van der Waals surface area (Å²) >= 11 is 4.17. The number of carboxylic acid groups (broad SMARTS) is 1. The summed E-state index contributed by atoms with van der Waals surface area (Å²) in [5.74, 6) is -2.26. The lowest BCUT2D eigenvalue weighted by Gasteiger charge is -2.16. The molecule has 0 aromatic heterocycles. The molecule has 0 spiro atoms. The summed E-state index contributed by atoms with van der Waals surface area (Å²) in [6, 6.07) is 0. The molecule has 0 aliphatic carbocycles. The molecule has 0 amide bonds. The van der Waals surface area contributed by atoms with Crippen LogP contribution in [0.4, 0.5) is 0 Å². The van der Waals surface area contributed by atoms with Gasteiger partial charge in [-0.15, -0.1) is 0 Å². The van der Waals surface area contributed by atoms with Crippen molar-refractivity contribution in [1.29, 1.82) is 0 Å². The number of aliphatic carboxylic acids is 1. The largest absolute Gasteiger partial charge is 0.478 e. The van der Waals surface area contributed by atoms with Gasteiger partial charge in [0.15, 0.2) is 0 Å². The van der Waals surface area contributed by atoms with Crippen LogP contribution in [-0.4, -0.2) is 27.9 Å². The molecule has 0 aromatic rings. The highest BCUT2D eigenvalue weighted by Gasteiger charge is 2.26. The molecule has 0 aliphatic rings. The Hall–Kier alpha value is -1.10. The summed E-state index contributed by atoms with van der Waals surface area (Å²) in [5, 5.41) is 8.16. The minimum atomic E-state index is -1.01. The number of carboxylic acids is 1. The average molecular weight is 244 g/mol. The lowest BCUT2D eigenvalue weighted by Crippen LogP contribution is -2.28. The number of rotatable bonds is 6. The molecule has 0 fully saturated rings. The van der Waals surface area contributed by atoms with Crippen LogP contribution in [0.3, 0.4) is 0 Å². The van der Waals surface area contributed by atoms with Crippen LogP contribution in [-0.2, 0) is 14.4 Å². The van der Waals surface area contributed by atoms with E-state index in [-0.39, 0.29) is 23.6 Å². The van der Waals surface area contributed by atoms with E-state index in [9.17, 15) is 14.4 Å². The number of hydrogen-bond acceptors (Lipinski definition) is 4. The van der Waals surface area contributed by atoms with Crippen molar-refractivity contribution in [3.05, 3.63) is 11.6 Å². The molecule has 1 atom stereocenters. The van der Waals surface area contributed by atoms with Crippen molar-refractivity contribution >= 4 is 30.2 Å². The van der Waals surface area contributed by atoms with E-state index >= 15 is 0 Å². The smallest absolute Gasteiger partial charge is 0.330 e. The van der Waals surface area contributed by atoms with Gasteiger partial charge in [0.2, 0.25) is 0 Å². The highest BCUT2D eigenvalue weighted by Crippen LogP contribution is 2.18. The number of ketones is 2. The number of allylic oxidation sites excluding steroid dienone is 1. The first-order valence-electron chi connectivity index (χ1n) is 4.86. The molecular weight excluding hydrogens is 228 g/mol. The summed E-state index contributed by atoms with van der Waals surface area (Å²) in [5.41, 5.74) is 0.185. The Morgan fingerprint density at radius 2 is 1.62 bits per heavy atom. The number of carbonyl (C=O) groups is 3. The second-order valence-corrected chi connectivity index (χ2v) is 4.36. The van der Waals surface area contributed by atoms with Crippen LogP contribution in [0.1, 0.15) is 27.2 Å².